The van der Waals surface area contributed by atoms with Crippen LogP contribution in [0.4, 0.5) is 5.69 Å². The van der Waals surface area contributed by atoms with Gasteiger partial charge in [-0.05, 0) is 80.8 Å². The molecule has 3 aromatic rings. The highest BCUT2D eigenvalue weighted by Gasteiger charge is 2.33. The van der Waals surface area contributed by atoms with Gasteiger partial charge >= 0.3 is 0 Å². The summed E-state index contributed by atoms with van der Waals surface area (Å²) in [6.07, 6.45) is 0.723. The molecule has 0 bridgehead atoms. The molecule has 0 saturated heterocycles. The van der Waals surface area contributed by atoms with Gasteiger partial charge in [0.1, 0.15) is 18.3 Å². The fraction of sp³-hybridized carbons (Fsp3) is 0.333. The molecule has 40 heavy (non-hydrogen) atoms. The Balaban J connectivity index is 2.05. The van der Waals surface area contributed by atoms with Crippen molar-refractivity contribution in [2.45, 2.75) is 57.6 Å². The molecule has 0 aliphatic heterocycles. The van der Waals surface area contributed by atoms with Crippen LogP contribution in [0.1, 0.15) is 38.3 Å². The molecule has 0 heterocycles. The van der Waals surface area contributed by atoms with Crippen molar-refractivity contribution in [3.63, 3.8) is 0 Å². The molecule has 1 N–H and O–H groups in total. The van der Waals surface area contributed by atoms with E-state index in [1.807, 2.05) is 19.9 Å². The van der Waals surface area contributed by atoms with Crippen LogP contribution in [0.15, 0.2) is 77.7 Å². The molecule has 8 nitrogen and oxygen atoms in total. The van der Waals surface area contributed by atoms with E-state index in [9.17, 15) is 18.0 Å². The van der Waals surface area contributed by atoms with E-state index >= 15 is 0 Å². The number of carbonyl (C=O) groups excluding carboxylic acids is 2. The van der Waals surface area contributed by atoms with E-state index in [-0.39, 0.29) is 23.4 Å². The van der Waals surface area contributed by atoms with Gasteiger partial charge in [-0.3, -0.25) is 13.9 Å². The minimum absolute atomic E-state index is 0.0408. The molecule has 0 unspecified atom stereocenters. The molecule has 0 radical (unpaired) electrons. The maximum absolute atomic E-state index is 14.0. The summed E-state index contributed by atoms with van der Waals surface area (Å²) in [7, 11) is -2.60. The van der Waals surface area contributed by atoms with E-state index < -0.39 is 28.5 Å². The molecule has 10 heteroatoms. The Hall–Kier alpha value is -3.56. The van der Waals surface area contributed by atoms with Gasteiger partial charge in [0, 0.05) is 17.6 Å². The zero-order chi connectivity index (χ0) is 29.4. The van der Waals surface area contributed by atoms with Gasteiger partial charge in [0.15, 0.2) is 0 Å². The van der Waals surface area contributed by atoms with E-state index in [1.54, 1.807) is 75.6 Å². The van der Waals surface area contributed by atoms with Crippen molar-refractivity contribution in [3.8, 4) is 5.75 Å². The van der Waals surface area contributed by atoms with Crippen LogP contribution >= 0.6 is 11.6 Å². The largest absolute Gasteiger partial charge is 0.497 e. The van der Waals surface area contributed by atoms with Gasteiger partial charge in [-0.1, -0.05) is 48.9 Å². The lowest BCUT2D eigenvalue weighted by Crippen LogP contribution is -2.52. The molecule has 2 atom stereocenters. The first kappa shape index (κ1) is 31.0. The number of rotatable bonds is 12. The van der Waals surface area contributed by atoms with Gasteiger partial charge in [0.25, 0.3) is 10.0 Å². The zero-order valence-electron chi connectivity index (χ0n) is 23.4. The third-order valence-electron chi connectivity index (χ3n) is 6.69. The SMILES string of the molecule is CC[C@H](C)NC(=O)[C@@H](C)N(Cc1cccc(OC)c1)C(=O)CN(c1ccc(Cl)cc1C)S(=O)(=O)c1ccccc1. The van der Waals surface area contributed by atoms with Crippen LogP contribution in [0.5, 0.6) is 5.75 Å². The minimum Gasteiger partial charge on any atom is -0.497 e. The van der Waals surface area contributed by atoms with Gasteiger partial charge in [-0.15, -0.1) is 0 Å². The predicted molar refractivity (Wildman–Crippen MR) is 158 cm³/mol. The number of sulfonamides is 1. The molecule has 0 aliphatic carbocycles. The number of aryl methyl sites for hydroxylation is 1. The molecular formula is C30H36ClN3O5S. The van der Waals surface area contributed by atoms with Crippen molar-refractivity contribution < 1.29 is 22.7 Å². The molecule has 2 amide bonds. The summed E-state index contributed by atoms with van der Waals surface area (Å²) in [6.45, 7) is 6.76. The van der Waals surface area contributed by atoms with E-state index in [0.29, 0.717) is 22.0 Å². The summed E-state index contributed by atoms with van der Waals surface area (Å²) >= 11 is 6.16. The summed E-state index contributed by atoms with van der Waals surface area (Å²) in [5, 5.41) is 3.37. The number of hydrogen-bond donors (Lipinski definition) is 1. The Morgan fingerprint density at radius 1 is 1.00 bits per heavy atom. The smallest absolute Gasteiger partial charge is 0.264 e. The second-order valence-electron chi connectivity index (χ2n) is 9.62. The maximum atomic E-state index is 14.0. The quantitative estimate of drug-likeness (QED) is 0.316. The number of nitrogens with zero attached hydrogens (tertiary/aromatic N) is 2. The Labute approximate surface area is 241 Å². The number of carbonyl (C=O) groups is 2. The lowest BCUT2D eigenvalue weighted by atomic mass is 10.1. The van der Waals surface area contributed by atoms with Crippen molar-refractivity contribution in [2.75, 3.05) is 18.0 Å². The number of amides is 2. The van der Waals surface area contributed by atoms with Crippen LogP contribution in [-0.4, -0.2) is 50.9 Å². The fourth-order valence-electron chi connectivity index (χ4n) is 4.15. The molecule has 0 fully saturated rings. The Kier molecular flexibility index (Phi) is 10.6. The van der Waals surface area contributed by atoms with Crippen molar-refractivity contribution in [3.05, 3.63) is 88.9 Å². The monoisotopic (exact) mass is 585 g/mol. The van der Waals surface area contributed by atoms with Gasteiger partial charge in [0.05, 0.1) is 17.7 Å². The topological polar surface area (TPSA) is 96.0 Å². The van der Waals surface area contributed by atoms with E-state index in [1.165, 1.54) is 17.0 Å². The molecule has 0 spiro atoms. The second-order valence-corrected chi connectivity index (χ2v) is 11.9. The van der Waals surface area contributed by atoms with Crippen LogP contribution in [0.25, 0.3) is 0 Å². The lowest BCUT2D eigenvalue weighted by Gasteiger charge is -2.33. The first-order valence-electron chi connectivity index (χ1n) is 13.0. The second kappa shape index (κ2) is 13.7. The number of hydrogen-bond acceptors (Lipinski definition) is 5. The molecule has 3 aromatic carbocycles. The summed E-state index contributed by atoms with van der Waals surface area (Å²) in [5.74, 6) is -0.263. The van der Waals surface area contributed by atoms with Gasteiger partial charge < -0.3 is 15.0 Å². The van der Waals surface area contributed by atoms with Crippen LogP contribution in [0.3, 0.4) is 0 Å². The molecule has 0 saturated carbocycles. The Morgan fingerprint density at radius 2 is 1.70 bits per heavy atom. The average Bonchev–Trinajstić information content (AvgIpc) is 2.94. The number of ether oxygens (including phenoxy) is 1. The van der Waals surface area contributed by atoms with Gasteiger partial charge in [-0.25, -0.2) is 8.42 Å². The standard InChI is InChI=1S/C30H36ClN3O5S/c1-6-22(3)32-30(36)23(4)33(19-24-11-10-12-26(18-24)39-5)29(35)20-34(28-16-15-25(31)17-21(28)2)40(37,38)27-13-8-7-9-14-27/h7-18,22-23H,6,19-20H2,1-5H3,(H,32,36)/t22-,23+/m0/s1. The van der Waals surface area contributed by atoms with Crippen molar-refractivity contribution in [2.24, 2.45) is 0 Å². The molecule has 0 aromatic heterocycles. The van der Waals surface area contributed by atoms with E-state index in [0.717, 1.165) is 16.3 Å². The lowest BCUT2D eigenvalue weighted by molar-refractivity contribution is -0.139. The Morgan fingerprint density at radius 3 is 2.33 bits per heavy atom. The number of halogens is 1. The highest BCUT2D eigenvalue weighted by Crippen LogP contribution is 2.29. The first-order valence-corrected chi connectivity index (χ1v) is 14.9. The van der Waals surface area contributed by atoms with Gasteiger partial charge in [0.2, 0.25) is 11.8 Å². The minimum atomic E-state index is -4.15. The summed E-state index contributed by atoms with van der Waals surface area (Å²) < 4.78 is 34.2. The van der Waals surface area contributed by atoms with Crippen molar-refractivity contribution >= 4 is 39.1 Å². The van der Waals surface area contributed by atoms with Crippen LogP contribution < -0.4 is 14.4 Å². The molecular weight excluding hydrogens is 550 g/mol. The average molecular weight is 586 g/mol. The maximum Gasteiger partial charge on any atom is 0.264 e. The van der Waals surface area contributed by atoms with Crippen LogP contribution in [0, 0.1) is 6.92 Å². The summed E-state index contributed by atoms with van der Waals surface area (Å²) in [4.78, 5) is 28.6. The zero-order valence-corrected chi connectivity index (χ0v) is 25.0. The molecule has 3 rings (SSSR count). The number of methoxy groups -OCH3 is 1. The molecule has 0 aliphatic rings. The van der Waals surface area contributed by atoms with Crippen molar-refractivity contribution in [1.29, 1.82) is 0 Å². The number of anilines is 1. The molecule has 214 valence electrons. The van der Waals surface area contributed by atoms with Crippen LogP contribution in [0.2, 0.25) is 5.02 Å². The highest BCUT2D eigenvalue weighted by atomic mass is 35.5. The number of nitrogens with one attached hydrogen (secondary N) is 1. The predicted octanol–water partition coefficient (Wildman–Crippen LogP) is 5.18. The third kappa shape index (κ3) is 7.55. The first-order chi connectivity index (χ1) is 19.0. The summed E-state index contributed by atoms with van der Waals surface area (Å²) in [5.41, 5.74) is 1.64. The van der Waals surface area contributed by atoms with Crippen molar-refractivity contribution in [1.82, 2.24) is 10.2 Å². The van der Waals surface area contributed by atoms with E-state index in [4.69, 9.17) is 16.3 Å². The number of benzene rings is 3. The highest BCUT2D eigenvalue weighted by molar-refractivity contribution is 7.92. The van der Waals surface area contributed by atoms with Gasteiger partial charge in [-0.2, -0.15) is 0 Å². The third-order valence-corrected chi connectivity index (χ3v) is 8.70. The van der Waals surface area contributed by atoms with Crippen LogP contribution in [-0.2, 0) is 26.2 Å². The summed E-state index contributed by atoms with van der Waals surface area (Å²) in [6, 6.07) is 19.0. The Bertz CT molecular complexity index is 1430. The fourth-order valence-corrected chi connectivity index (χ4v) is 5.87. The normalized spacial score (nSPS) is 12.8. The van der Waals surface area contributed by atoms with E-state index in [2.05, 4.69) is 5.32 Å².